The molecule has 0 spiro atoms. The number of methoxy groups -OCH3 is 1. The van der Waals surface area contributed by atoms with Crippen LogP contribution in [0.3, 0.4) is 0 Å². The number of esters is 1. The molecule has 1 atom stereocenters. The van der Waals surface area contributed by atoms with Crippen LogP contribution in [-0.4, -0.2) is 43.6 Å². The molecule has 1 aliphatic rings. The Balaban J connectivity index is 1.74. The van der Waals surface area contributed by atoms with Crippen molar-refractivity contribution in [2.75, 3.05) is 26.8 Å². The number of carbonyl (C=O) groups is 2. The molecule has 174 valence electrons. The summed E-state index contributed by atoms with van der Waals surface area (Å²) in [5.41, 5.74) is 2.34. The third-order valence-corrected chi connectivity index (χ3v) is 6.51. The molecule has 1 saturated heterocycles. The zero-order chi connectivity index (χ0) is 23.3. The highest BCUT2D eigenvalue weighted by Gasteiger charge is 2.31. The quantitative estimate of drug-likeness (QED) is 0.540. The van der Waals surface area contributed by atoms with Gasteiger partial charge in [-0.25, -0.2) is 0 Å². The minimum atomic E-state index is -0.268. The van der Waals surface area contributed by atoms with Crippen molar-refractivity contribution in [1.82, 2.24) is 4.90 Å². The number of benzene rings is 1. The van der Waals surface area contributed by atoms with Crippen LogP contribution in [-0.2, 0) is 21.4 Å². The third kappa shape index (κ3) is 5.34. The molecule has 3 rings (SSSR count). The summed E-state index contributed by atoms with van der Waals surface area (Å²) in [4.78, 5) is 26.8. The molecule has 0 bridgehead atoms. The lowest BCUT2D eigenvalue weighted by Gasteiger charge is -2.30. The maximum atomic E-state index is 13.0. The third-order valence-electron chi connectivity index (χ3n) is 6.51. The van der Waals surface area contributed by atoms with Gasteiger partial charge in [0.15, 0.2) is 5.76 Å². The lowest BCUT2D eigenvalue weighted by Crippen LogP contribution is -2.42. The van der Waals surface area contributed by atoms with E-state index >= 15 is 0 Å². The first-order valence-corrected chi connectivity index (χ1v) is 11.5. The number of ether oxygens (including phenoxy) is 2. The van der Waals surface area contributed by atoms with Crippen LogP contribution in [0.1, 0.15) is 74.4 Å². The van der Waals surface area contributed by atoms with E-state index in [4.69, 9.17) is 13.9 Å². The van der Waals surface area contributed by atoms with Crippen LogP contribution < -0.4 is 4.74 Å². The Morgan fingerprint density at radius 1 is 1.19 bits per heavy atom. The minimum absolute atomic E-state index is 0.0645. The van der Waals surface area contributed by atoms with Crippen molar-refractivity contribution in [3.63, 3.8) is 0 Å². The van der Waals surface area contributed by atoms with Crippen molar-refractivity contribution in [1.29, 1.82) is 0 Å². The van der Waals surface area contributed by atoms with Crippen LogP contribution in [0.5, 0.6) is 5.75 Å². The minimum Gasteiger partial charge on any atom is -0.496 e. The molecule has 1 aromatic heterocycles. The van der Waals surface area contributed by atoms with Crippen LogP contribution in [0.2, 0.25) is 0 Å². The summed E-state index contributed by atoms with van der Waals surface area (Å²) >= 11 is 0. The van der Waals surface area contributed by atoms with Crippen molar-refractivity contribution < 1.29 is 23.5 Å². The van der Waals surface area contributed by atoms with Gasteiger partial charge in [0.2, 0.25) is 0 Å². The summed E-state index contributed by atoms with van der Waals surface area (Å²) < 4.78 is 16.6. The summed E-state index contributed by atoms with van der Waals surface area (Å²) in [5, 5.41) is 0. The topological polar surface area (TPSA) is 69.0 Å². The Bertz CT molecular complexity index is 945. The smallest absolute Gasteiger partial charge is 0.310 e. The standard InChI is InChI=1S/C26H35NO5/c1-6-26(3,4)20-10-12-22(30-5)19(15-20)16-21-11-13-23(32-21)24(28)27-14-8-9-18(17-27)25(29)31-7-2/h10-13,15,18H,6-9,14,16-17H2,1-5H3. The molecule has 6 heteroatoms. The number of nitrogens with zero attached hydrogens (tertiary/aromatic N) is 1. The van der Waals surface area contributed by atoms with E-state index in [9.17, 15) is 9.59 Å². The summed E-state index contributed by atoms with van der Waals surface area (Å²) in [6.45, 7) is 9.77. The number of hydrogen-bond acceptors (Lipinski definition) is 5. The molecule has 1 fully saturated rings. The van der Waals surface area contributed by atoms with Gasteiger partial charge < -0.3 is 18.8 Å². The molecule has 32 heavy (non-hydrogen) atoms. The van der Waals surface area contributed by atoms with Gasteiger partial charge >= 0.3 is 5.97 Å². The second-order valence-electron chi connectivity index (χ2n) is 9.05. The first-order valence-electron chi connectivity index (χ1n) is 11.5. The van der Waals surface area contributed by atoms with Crippen LogP contribution >= 0.6 is 0 Å². The molecule has 1 amide bonds. The fourth-order valence-electron chi connectivity index (χ4n) is 4.09. The average Bonchev–Trinajstić information content (AvgIpc) is 3.27. The van der Waals surface area contributed by atoms with E-state index in [1.54, 1.807) is 25.0 Å². The van der Waals surface area contributed by atoms with E-state index in [0.29, 0.717) is 37.6 Å². The van der Waals surface area contributed by atoms with Gasteiger partial charge in [-0.2, -0.15) is 0 Å². The predicted octanol–water partition coefficient (Wildman–Crippen LogP) is 4.98. The van der Waals surface area contributed by atoms with Crippen molar-refractivity contribution in [3.8, 4) is 5.75 Å². The first kappa shape index (κ1) is 23.9. The Kier molecular flexibility index (Phi) is 7.64. The van der Waals surface area contributed by atoms with E-state index in [1.807, 2.05) is 12.1 Å². The van der Waals surface area contributed by atoms with Crippen molar-refractivity contribution >= 4 is 11.9 Å². The van der Waals surface area contributed by atoms with Gasteiger partial charge in [-0.05, 0) is 55.4 Å². The number of likely N-dealkylation sites (tertiary alicyclic amines) is 1. The molecule has 2 heterocycles. The molecule has 0 N–H and O–H groups in total. The monoisotopic (exact) mass is 441 g/mol. The van der Waals surface area contributed by atoms with Crippen molar-refractivity contribution in [2.24, 2.45) is 5.92 Å². The number of amides is 1. The number of rotatable bonds is 8. The van der Waals surface area contributed by atoms with E-state index in [2.05, 4.69) is 32.9 Å². The zero-order valence-electron chi connectivity index (χ0n) is 19.9. The van der Waals surface area contributed by atoms with Gasteiger partial charge in [-0.3, -0.25) is 9.59 Å². The largest absolute Gasteiger partial charge is 0.496 e. The molecule has 2 aromatic rings. The lowest BCUT2D eigenvalue weighted by atomic mass is 9.81. The Morgan fingerprint density at radius 3 is 2.66 bits per heavy atom. The van der Waals surface area contributed by atoms with E-state index < -0.39 is 0 Å². The van der Waals surface area contributed by atoms with Gasteiger partial charge in [-0.15, -0.1) is 0 Å². The van der Waals surface area contributed by atoms with Gasteiger partial charge in [0.25, 0.3) is 5.91 Å². The van der Waals surface area contributed by atoms with Gasteiger partial charge in [0.05, 0.1) is 19.6 Å². The van der Waals surface area contributed by atoms with Crippen LogP contribution in [0.15, 0.2) is 34.7 Å². The fraction of sp³-hybridized carbons (Fsp3) is 0.538. The van der Waals surface area contributed by atoms with Crippen LogP contribution in [0, 0.1) is 5.92 Å². The maximum absolute atomic E-state index is 13.0. The molecule has 0 radical (unpaired) electrons. The van der Waals surface area contributed by atoms with Gasteiger partial charge in [0.1, 0.15) is 11.5 Å². The number of hydrogen-bond donors (Lipinski definition) is 0. The summed E-state index contributed by atoms with van der Waals surface area (Å²) in [5.74, 6) is 1.13. The normalized spacial score (nSPS) is 16.7. The second-order valence-corrected chi connectivity index (χ2v) is 9.05. The van der Waals surface area contributed by atoms with Crippen molar-refractivity contribution in [3.05, 3.63) is 53.0 Å². The van der Waals surface area contributed by atoms with E-state index in [0.717, 1.165) is 30.6 Å². The maximum Gasteiger partial charge on any atom is 0.310 e. The molecular weight excluding hydrogens is 406 g/mol. The van der Waals surface area contributed by atoms with Crippen LogP contribution in [0.4, 0.5) is 0 Å². The summed E-state index contributed by atoms with van der Waals surface area (Å²) in [6.07, 6.45) is 3.09. The SMILES string of the molecule is CCOC(=O)C1CCCN(C(=O)c2ccc(Cc3cc(C(C)(C)CC)ccc3OC)o2)C1. The Morgan fingerprint density at radius 2 is 1.97 bits per heavy atom. The second kappa shape index (κ2) is 10.2. The fourth-order valence-corrected chi connectivity index (χ4v) is 4.09. The Hall–Kier alpha value is -2.76. The van der Waals surface area contributed by atoms with E-state index in [-0.39, 0.29) is 23.2 Å². The molecule has 0 saturated carbocycles. The number of furan rings is 1. The molecule has 1 aromatic carbocycles. The van der Waals surface area contributed by atoms with Gasteiger partial charge in [-0.1, -0.05) is 32.9 Å². The zero-order valence-corrected chi connectivity index (χ0v) is 19.9. The number of piperidine rings is 1. The molecule has 0 aliphatic carbocycles. The summed E-state index contributed by atoms with van der Waals surface area (Å²) in [7, 11) is 1.66. The van der Waals surface area contributed by atoms with Gasteiger partial charge in [0, 0.05) is 25.1 Å². The first-order chi connectivity index (χ1) is 15.3. The highest BCUT2D eigenvalue weighted by Crippen LogP contribution is 2.32. The summed E-state index contributed by atoms with van der Waals surface area (Å²) in [6, 6.07) is 9.84. The molecular formula is C26H35NO5. The van der Waals surface area contributed by atoms with Crippen molar-refractivity contribution in [2.45, 2.75) is 58.8 Å². The molecule has 1 unspecified atom stereocenters. The predicted molar refractivity (Wildman–Crippen MR) is 123 cm³/mol. The highest BCUT2D eigenvalue weighted by molar-refractivity contribution is 5.92. The Labute approximate surface area is 190 Å². The lowest BCUT2D eigenvalue weighted by molar-refractivity contribution is -0.149. The number of carbonyl (C=O) groups excluding carboxylic acids is 2. The average molecular weight is 442 g/mol. The highest BCUT2D eigenvalue weighted by atomic mass is 16.5. The van der Waals surface area contributed by atoms with Crippen LogP contribution in [0.25, 0.3) is 0 Å². The molecule has 6 nitrogen and oxygen atoms in total. The van der Waals surface area contributed by atoms with E-state index in [1.165, 1.54) is 5.56 Å². The molecule has 1 aliphatic heterocycles.